The van der Waals surface area contributed by atoms with Crippen LogP contribution in [0.5, 0.6) is 0 Å². The molecule has 2 heterocycles. The van der Waals surface area contributed by atoms with Crippen molar-refractivity contribution in [2.45, 2.75) is 12.8 Å². The molecule has 7 heteroatoms. The number of halogens is 1. The Morgan fingerprint density at radius 2 is 2.40 bits per heavy atom. The second-order valence-corrected chi connectivity index (χ2v) is 5.18. The van der Waals surface area contributed by atoms with Crippen molar-refractivity contribution in [3.8, 4) is 0 Å². The second kappa shape index (κ2) is 5.22. The first-order valence-corrected chi connectivity index (χ1v) is 6.16. The van der Waals surface area contributed by atoms with Gasteiger partial charge in [0.05, 0.1) is 0 Å². The van der Waals surface area contributed by atoms with Gasteiger partial charge in [-0.25, -0.2) is 4.98 Å². The lowest BCUT2D eigenvalue weighted by molar-refractivity contribution is 0.814. The van der Waals surface area contributed by atoms with Crippen LogP contribution in [0.25, 0.3) is 0 Å². The standard InChI is InChI=1S/C8H10BrN5S/c9-7-13-14-8(15-7)12-3-1-2-6-10-4-5-11-6/h4-5H,1-3H2,(H,10,11)(H,12,14). The van der Waals surface area contributed by atoms with E-state index in [0.29, 0.717) is 0 Å². The van der Waals surface area contributed by atoms with Gasteiger partial charge in [-0.2, -0.15) is 0 Å². The molecular formula is C8H10BrN5S. The highest BCUT2D eigenvalue weighted by atomic mass is 79.9. The van der Waals surface area contributed by atoms with Crippen molar-refractivity contribution in [3.05, 3.63) is 22.1 Å². The topological polar surface area (TPSA) is 66.5 Å². The number of imidazole rings is 1. The Balaban J connectivity index is 1.67. The molecule has 0 atom stereocenters. The SMILES string of the molecule is Brc1nnc(NCCCc2ncc[nH]2)s1. The van der Waals surface area contributed by atoms with Gasteiger partial charge >= 0.3 is 0 Å². The molecule has 0 saturated carbocycles. The predicted molar refractivity (Wildman–Crippen MR) is 63.0 cm³/mol. The van der Waals surface area contributed by atoms with Crippen LogP contribution < -0.4 is 5.32 Å². The monoisotopic (exact) mass is 287 g/mol. The molecule has 2 N–H and O–H groups in total. The Kier molecular flexibility index (Phi) is 3.68. The zero-order valence-electron chi connectivity index (χ0n) is 7.90. The highest BCUT2D eigenvalue weighted by Crippen LogP contribution is 2.19. The molecule has 0 aromatic carbocycles. The molecule has 5 nitrogen and oxygen atoms in total. The van der Waals surface area contributed by atoms with Gasteiger partial charge in [0.25, 0.3) is 0 Å². The van der Waals surface area contributed by atoms with Gasteiger partial charge in [0, 0.05) is 25.4 Å². The number of aromatic nitrogens is 4. The first kappa shape index (κ1) is 10.6. The van der Waals surface area contributed by atoms with Crippen molar-refractivity contribution in [2.24, 2.45) is 0 Å². The fourth-order valence-electron chi connectivity index (χ4n) is 1.16. The molecular weight excluding hydrogens is 278 g/mol. The molecule has 0 aliphatic rings. The summed E-state index contributed by atoms with van der Waals surface area (Å²) in [6.45, 7) is 0.877. The molecule has 0 amide bonds. The molecule has 15 heavy (non-hydrogen) atoms. The van der Waals surface area contributed by atoms with Gasteiger partial charge in [-0.05, 0) is 22.4 Å². The number of anilines is 1. The number of aryl methyl sites for hydroxylation is 1. The lowest BCUT2D eigenvalue weighted by Crippen LogP contribution is -2.03. The fourth-order valence-corrected chi connectivity index (χ4v) is 2.20. The van der Waals surface area contributed by atoms with Gasteiger partial charge in [0.1, 0.15) is 5.82 Å². The molecule has 0 aliphatic carbocycles. The van der Waals surface area contributed by atoms with Crippen molar-refractivity contribution >= 4 is 32.4 Å². The third kappa shape index (κ3) is 3.28. The summed E-state index contributed by atoms with van der Waals surface area (Å²) in [5, 5.41) is 11.8. The molecule has 0 bridgehead atoms. The molecule has 0 saturated heterocycles. The lowest BCUT2D eigenvalue weighted by atomic mass is 10.3. The molecule has 0 radical (unpaired) electrons. The fraction of sp³-hybridized carbons (Fsp3) is 0.375. The molecule has 0 fully saturated rings. The van der Waals surface area contributed by atoms with Gasteiger partial charge in [-0.1, -0.05) is 11.3 Å². The maximum atomic E-state index is 4.15. The van der Waals surface area contributed by atoms with Crippen LogP contribution in [0.3, 0.4) is 0 Å². The van der Waals surface area contributed by atoms with Crippen molar-refractivity contribution < 1.29 is 0 Å². The van der Waals surface area contributed by atoms with Crippen LogP contribution in [-0.2, 0) is 6.42 Å². The Labute approximate surface area is 99.5 Å². The molecule has 0 unspecified atom stereocenters. The van der Waals surface area contributed by atoms with E-state index in [4.69, 9.17) is 0 Å². The number of nitrogens with zero attached hydrogens (tertiary/aromatic N) is 3. The van der Waals surface area contributed by atoms with Crippen molar-refractivity contribution in [1.82, 2.24) is 20.2 Å². The van der Waals surface area contributed by atoms with E-state index in [-0.39, 0.29) is 0 Å². The summed E-state index contributed by atoms with van der Waals surface area (Å²) in [4.78, 5) is 7.22. The average Bonchev–Trinajstić information content (AvgIpc) is 2.84. The minimum absolute atomic E-state index is 0.802. The molecule has 0 spiro atoms. The van der Waals surface area contributed by atoms with E-state index in [1.165, 1.54) is 11.3 Å². The van der Waals surface area contributed by atoms with E-state index in [2.05, 4.69) is 41.4 Å². The van der Waals surface area contributed by atoms with Crippen molar-refractivity contribution in [3.63, 3.8) is 0 Å². The Bertz CT molecular complexity index is 399. The summed E-state index contributed by atoms with van der Waals surface area (Å²) in [7, 11) is 0. The minimum atomic E-state index is 0.802. The summed E-state index contributed by atoms with van der Waals surface area (Å²) >= 11 is 4.76. The first-order chi connectivity index (χ1) is 7.34. The number of rotatable bonds is 5. The Morgan fingerprint density at radius 3 is 3.07 bits per heavy atom. The van der Waals surface area contributed by atoms with Gasteiger partial charge in [0.15, 0.2) is 3.92 Å². The number of hydrogen-bond acceptors (Lipinski definition) is 5. The van der Waals surface area contributed by atoms with Gasteiger partial charge in [0.2, 0.25) is 5.13 Å². The van der Waals surface area contributed by atoms with E-state index in [1.54, 1.807) is 6.20 Å². The van der Waals surface area contributed by atoms with Gasteiger partial charge in [-0.15, -0.1) is 10.2 Å². The maximum Gasteiger partial charge on any atom is 0.206 e. The largest absolute Gasteiger partial charge is 0.360 e. The first-order valence-electron chi connectivity index (χ1n) is 4.56. The predicted octanol–water partition coefficient (Wildman–Crippen LogP) is 2.07. The lowest BCUT2D eigenvalue weighted by Gasteiger charge is -1.99. The summed E-state index contributed by atoms with van der Waals surface area (Å²) in [5.41, 5.74) is 0. The smallest absolute Gasteiger partial charge is 0.206 e. The van der Waals surface area contributed by atoms with Gasteiger partial charge in [-0.3, -0.25) is 0 Å². The molecule has 2 aromatic heterocycles. The van der Waals surface area contributed by atoms with E-state index < -0.39 is 0 Å². The van der Waals surface area contributed by atoms with Crippen LogP contribution >= 0.6 is 27.3 Å². The number of aromatic amines is 1. The summed E-state index contributed by atoms with van der Waals surface area (Å²) < 4.78 is 0.802. The van der Waals surface area contributed by atoms with E-state index in [0.717, 1.165) is 34.3 Å². The quantitative estimate of drug-likeness (QED) is 0.827. The average molecular weight is 288 g/mol. The molecule has 0 aliphatic heterocycles. The number of hydrogen-bond donors (Lipinski definition) is 2. The molecule has 80 valence electrons. The third-order valence-electron chi connectivity index (χ3n) is 1.82. The van der Waals surface area contributed by atoms with E-state index in [9.17, 15) is 0 Å². The summed E-state index contributed by atoms with van der Waals surface area (Å²) in [5.74, 6) is 1.02. The van der Waals surface area contributed by atoms with Crippen LogP contribution in [0.4, 0.5) is 5.13 Å². The molecule has 2 aromatic rings. The molecule has 2 rings (SSSR count). The van der Waals surface area contributed by atoms with Crippen molar-refractivity contribution in [2.75, 3.05) is 11.9 Å². The van der Waals surface area contributed by atoms with Crippen LogP contribution in [0.15, 0.2) is 16.3 Å². The zero-order chi connectivity index (χ0) is 10.5. The van der Waals surface area contributed by atoms with Crippen molar-refractivity contribution in [1.29, 1.82) is 0 Å². The van der Waals surface area contributed by atoms with Crippen LogP contribution in [0, 0.1) is 0 Å². The van der Waals surface area contributed by atoms with Crippen LogP contribution in [-0.4, -0.2) is 26.7 Å². The normalized spacial score (nSPS) is 10.5. The Morgan fingerprint density at radius 1 is 1.47 bits per heavy atom. The Hall–Kier alpha value is -0.950. The zero-order valence-corrected chi connectivity index (χ0v) is 10.3. The number of H-pyrrole nitrogens is 1. The summed E-state index contributed by atoms with van der Waals surface area (Å²) in [6, 6.07) is 0. The van der Waals surface area contributed by atoms with Gasteiger partial charge < -0.3 is 10.3 Å². The second-order valence-electron chi connectivity index (χ2n) is 2.93. The minimum Gasteiger partial charge on any atom is -0.360 e. The number of nitrogens with one attached hydrogen (secondary N) is 2. The van der Waals surface area contributed by atoms with Crippen LogP contribution in [0.1, 0.15) is 12.2 Å². The maximum absolute atomic E-state index is 4.15. The highest BCUT2D eigenvalue weighted by molar-refractivity contribution is 9.11. The van der Waals surface area contributed by atoms with E-state index in [1.807, 2.05) is 6.20 Å². The summed E-state index contributed by atoms with van der Waals surface area (Å²) in [6.07, 6.45) is 5.57. The van der Waals surface area contributed by atoms with E-state index >= 15 is 0 Å². The highest BCUT2D eigenvalue weighted by Gasteiger charge is 2.00. The third-order valence-corrected chi connectivity index (χ3v) is 3.14. The van der Waals surface area contributed by atoms with Crippen LogP contribution in [0.2, 0.25) is 0 Å².